The van der Waals surface area contributed by atoms with Gasteiger partial charge in [-0.05, 0) is 25.1 Å². The number of hydrogen-bond acceptors (Lipinski definition) is 4. The van der Waals surface area contributed by atoms with E-state index >= 15 is 0 Å². The number of thiazole rings is 1. The molecule has 1 unspecified atom stereocenters. The number of rotatable bonds is 4. The van der Waals surface area contributed by atoms with Gasteiger partial charge >= 0.3 is 0 Å². The van der Waals surface area contributed by atoms with Gasteiger partial charge in [0.05, 0.1) is 11.6 Å². The molecule has 1 aromatic carbocycles. The zero-order valence-electron chi connectivity index (χ0n) is 10.6. The molecule has 0 aliphatic rings. The minimum Gasteiger partial charge on any atom is -0.394 e. The summed E-state index contributed by atoms with van der Waals surface area (Å²) >= 11 is 13.3. The molecule has 0 saturated heterocycles. The van der Waals surface area contributed by atoms with E-state index in [-0.39, 0.29) is 18.6 Å². The van der Waals surface area contributed by atoms with Gasteiger partial charge in [-0.1, -0.05) is 23.2 Å². The molecule has 0 fully saturated rings. The molecule has 0 spiro atoms. The molecule has 1 amide bonds. The highest BCUT2D eigenvalue weighted by atomic mass is 35.5. The van der Waals surface area contributed by atoms with Crippen LogP contribution in [-0.4, -0.2) is 28.6 Å². The second-order valence-corrected chi connectivity index (χ2v) is 5.92. The van der Waals surface area contributed by atoms with E-state index in [4.69, 9.17) is 28.3 Å². The maximum Gasteiger partial charge on any atom is 0.271 e. The highest BCUT2D eigenvalue weighted by Gasteiger charge is 2.15. The Kier molecular flexibility index (Phi) is 4.99. The number of aliphatic hydroxyl groups excluding tert-OH is 1. The van der Waals surface area contributed by atoms with Crippen LogP contribution in [0.5, 0.6) is 0 Å². The van der Waals surface area contributed by atoms with Gasteiger partial charge in [0.2, 0.25) is 0 Å². The number of aromatic nitrogens is 1. The number of nitrogens with zero attached hydrogens (tertiary/aromatic N) is 1. The topological polar surface area (TPSA) is 62.2 Å². The third-order valence-corrected chi connectivity index (χ3v) is 3.97. The lowest BCUT2D eigenvalue weighted by atomic mass is 10.2. The Morgan fingerprint density at radius 1 is 1.50 bits per heavy atom. The Balaban J connectivity index is 2.22. The fourth-order valence-electron chi connectivity index (χ4n) is 1.51. The largest absolute Gasteiger partial charge is 0.394 e. The average molecular weight is 331 g/mol. The van der Waals surface area contributed by atoms with Gasteiger partial charge in [-0.3, -0.25) is 4.79 Å². The van der Waals surface area contributed by atoms with E-state index in [0.29, 0.717) is 20.7 Å². The molecule has 1 heterocycles. The lowest BCUT2D eigenvalue weighted by Gasteiger charge is -2.08. The number of halogens is 2. The molecule has 2 N–H and O–H groups in total. The zero-order valence-corrected chi connectivity index (χ0v) is 12.9. The van der Waals surface area contributed by atoms with Crippen LogP contribution in [0.3, 0.4) is 0 Å². The predicted octanol–water partition coefficient (Wildman–Crippen LogP) is 3.23. The van der Waals surface area contributed by atoms with E-state index in [1.807, 2.05) is 0 Å². The highest BCUT2D eigenvalue weighted by Crippen LogP contribution is 2.32. The molecule has 106 valence electrons. The first-order valence-electron chi connectivity index (χ1n) is 5.84. The van der Waals surface area contributed by atoms with E-state index in [1.165, 1.54) is 11.3 Å². The van der Waals surface area contributed by atoms with E-state index in [9.17, 15) is 4.79 Å². The summed E-state index contributed by atoms with van der Waals surface area (Å²) in [5.41, 5.74) is 1.03. The summed E-state index contributed by atoms with van der Waals surface area (Å²) in [6.45, 7) is 1.59. The predicted molar refractivity (Wildman–Crippen MR) is 81.6 cm³/mol. The van der Waals surface area contributed by atoms with Crippen LogP contribution in [0.25, 0.3) is 10.6 Å². The first kappa shape index (κ1) is 15.3. The van der Waals surface area contributed by atoms with Crippen LogP contribution in [0.15, 0.2) is 23.6 Å². The SMILES string of the molecule is CC(CO)NC(=O)c1csc(-c2ccc(Cl)cc2Cl)n1. The first-order chi connectivity index (χ1) is 9.51. The van der Waals surface area contributed by atoms with Crippen molar-refractivity contribution < 1.29 is 9.90 Å². The fourth-order valence-corrected chi connectivity index (χ4v) is 2.90. The molecule has 0 bridgehead atoms. The maximum atomic E-state index is 11.9. The summed E-state index contributed by atoms with van der Waals surface area (Å²) in [4.78, 5) is 16.1. The van der Waals surface area contributed by atoms with Crippen molar-refractivity contribution in [1.82, 2.24) is 10.3 Å². The molecular formula is C13H12Cl2N2O2S. The standard InChI is InChI=1S/C13H12Cl2N2O2S/c1-7(5-18)16-12(19)11-6-20-13(17-11)9-3-2-8(14)4-10(9)15/h2-4,6-7,18H,5H2,1H3,(H,16,19). The number of benzene rings is 1. The van der Waals surface area contributed by atoms with Crippen LogP contribution >= 0.6 is 34.5 Å². The Labute approximate surface area is 130 Å². The molecule has 7 heteroatoms. The number of carbonyl (C=O) groups is 1. The van der Waals surface area contributed by atoms with Gasteiger partial charge in [0.25, 0.3) is 5.91 Å². The van der Waals surface area contributed by atoms with Crippen molar-refractivity contribution in [3.8, 4) is 10.6 Å². The van der Waals surface area contributed by atoms with Crippen LogP contribution in [0.2, 0.25) is 10.0 Å². The summed E-state index contributed by atoms with van der Waals surface area (Å²) in [5, 5.41) is 14.9. The van der Waals surface area contributed by atoms with Gasteiger partial charge in [0.15, 0.2) is 0 Å². The molecule has 2 aromatic rings. The molecule has 1 atom stereocenters. The summed E-state index contributed by atoms with van der Waals surface area (Å²) in [6.07, 6.45) is 0. The Bertz CT molecular complexity index is 631. The lowest BCUT2D eigenvalue weighted by Crippen LogP contribution is -2.35. The van der Waals surface area contributed by atoms with Crippen LogP contribution in [0.4, 0.5) is 0 Å². The van der Waals surface area contributed by atoms with Crippen LogP contribution < -0.4 is 5.32 Å². The van der Waals surface area contributed by atoms with E-state index in [2.05, 4.69) is 10.3 Å². The van der Waals surface area contributed by atoms with E-state index in [1.54, 1.807) is 30.5 Å². The Morgan fingerprint density at radius 3 is 2.90 bits per heavy atom. The van der Waals surface area contributed by atoms with Gasteiger partial charge in [-0.25, -0.2) is 4.98 Å². The highest BCUT2D eigenvalue weighted by molar-refractivity contribution is 7.13. The third kappa shape index (κ3) is 3.49. The second kappa shape index (κ2) is 6.54. The van der Waals surface area contributed by atoms with E-state index in [0.717, 1.165) is 5.56 Å². The minimum absolute atomic E-state index is 0.119. The number of amides is 1. The quantitative estimate of drug-likeness (QED) is 0.904. The third-order valence-electron chi connectivity index (χ3n) is 2.55. The van der Waals surface area contributed by atoms with Gasteiger partial charge in [-0.15, -0.1) is 11.3 Å². The van der Waals surface area contributed by atoms with Gasteiger partial charge in [0, 0.05) is 22.0 Å². The molecule has 2 rings (SSSR count). The normalized spacial score (nSPS) is 12.2. The molecule has 0 saturated carbocycles. The Hall–Kier alpha value is -1.14. The molecule has 1 aromatic heterocycles. The summed E-state index contributed by atoms with van der Waals surface area (Å²) in [7, 11) is 0. The van der Waals surface area contributed by atoms with Crippen LogP contribution in [0, 0.1) is 0 Å². The monoisotopic (exact) mass is 330 g/mol. The molecule has 0 aliphatic carbocycles. The average Bonchev–Trinajstić information content (AvgIpc) is 2.88. The first-order valence-corrected chi connectivity index (χ1v) is 7.47. The smallest absolute Gasteiger partial charge is 0.271 e. The van der Waals surface area contributed by atoms with Crippen LogP contribution in [-0.2, 0) is 0 Å². The van der Waals surface area contributed by atoms with Crippen molar-refractivity contribution in [1.29, 1.82) is 0 Å². The lowest BCUT2D eigenvalue weighted by molar-refractivity contribution is 0.0918. The van der Waals surface area contributed by atoms with Gasteiger partial charge < -0.3 is 10.4 Å². The fraction of sp³-hybridized carbons (Fsp3) is 0.231. The molecule has 4 nitrogen and oxygen atoms in total. The van der Waals surface area contributed by atoms with Gasteiger partial charge in [-0.2, -0.15) is 0 Å². The van der Waals surface area contributed by atoms with Crippen molar-refractivity contribution in [2.75, 3.05) is 6.61 Å². The summed E-state index contributed by atoms with van der Waals surface area (Å²) < 4.78 is 0. The number of carbonyl (C=O) groups excluding carboxylic acids is 1. The van der Waals surface area contributed by atoms with Crippen molar-refractivity contribution in [3.05, 3.63) is 39.3 Å². The molecular weight excluding hydrogens is 319 g/mol. The van der Waals surface area contributed by atoms with Gasteiger partial charge in [0.1, 0.15) is 10.7 Å². The number of nitrogens with one attached hydrogen (secondary N) is 1. The second-order valence-electron chi connectivity index (χ2n) is 4.22. The molecule has 20 heavy (non-hydrogen) atoms. The number of hydrogen-bond donors (Lipinski definition) is 2. The summed E-state index contributed by atoms with van der Waals surface area (Å²) in [5.74, 6) is -0.320. The maximum absolute atomic E-state index is 11.9. The summed E-state index contributed by atoms with van der Waals surface area (Å²) in [6, 6.07) is 4.80. The molecule has 0 radical (unpaired) electrons. The van der Waals surface area contributed by atoms with Crippen molar-refractivity contribution in [3.63, 3.8) is 0 Å². The zero-order chi connectivity index (χ0) is 14.7. The molecule has 0 aliphatic heterocycles. The Morgan fingerprint density at radius 2 is 2.25 bits per heavy atom. The number of aliphatic hydroxyl groups is 1. The van der Waals surface area contributed by atoms with Crippen molar-refractivity contribution in [2.24, 2.45) is 0 Å². The minimum atomic E-state index is -0.320. The van der Waals surface area contributed by atoms with Crippen molar-refractivity contribution in [2.45, 2.75) is 13.0 Å². The van der Waals surface area contributed by atoms with E-state index < -0.39 is 0 Å². The van der Waals surface area contributed by atoms with Crippen molar-refractivity contribution >= 4 is 40.4 Å². The van der Waals surface area contributed by atoms with Crippen LogP contribution in [0.1, 0.15) is 17.4 Å².